The number of hydrogen-bond acceptors (Lipinski definition) is 3. The molecule has 1 aromatic carbocycles. The van der Waals surface area contributed by atoms with E-state index in [1.807, 2.05) is 52.0 Å². The highest BCUT2D eigenvalue weighted by molar-refractivity contribution is 14.1. The predicted molar refractivity (Wildman–Crippen MR) is 90.2 cm³/mol. The zero-order valence-corrected chi connectivity index (χ0v) is 14.9. The van der Waals surface area contributed by atoms with Gasteiger partial charge in [-0.1, -0.05) is 18.2 Å². The molecule has 0 saturated carbocycles. The van der Waals surface area contributed by atoms with Crippen LogP contribution in [0.15, 0.2) is 24.3 Å². The molecule has 1 N–H and O–H groups in total. The molecular formula is C15H20BIO4. The summed E-state index contributed by atoms with van der Waals surface area (Å²) in [6.45, 7) is 7.89. The fourth-order valence-corrected chi connectivity index (χ4v) is 3.16. The van der Waals surface area contributed by atoms with Crippen LogP contribution in [0.2, 0.25) is 0 Å². The lowest BCUT2D eigenvalue weighted by molar-refractivity contribution is -0.137. The number of aliphatic carboxylic acids is 1. The molecule has 0 bridgehead atoms. The van der Waals surface area contributed by atoms with Crippen LogP contribution in [-0.4, -0.2) is 29.4 Å². The molecule has 1 atom stereocenters. The van der Waals surface area contributed by atoms with Gasteiger partial charge in [-0.2, -0.15) is 0 Å². The van der Waals surface area contributed by atoms with Crippen LogP contribution in [-0.2, 0) is 14.1 Å². The Bertz CT molecular complexity index is 528. The number of carbonyl (C=O) groups is 1. The van der Waals surface area contributed by atoms with Crippen molar-refractivity contribution in [2.24, 2.45) is 0 Å². The van der Waals surface area contributed by atoms with Crippen molar-refractivity contribution >= 4 is 35.7 Å². The van der Waals surface area contributed by atoms with Crippen LogP contribution in [0, 0.1) is 3.57 Å². The highest BCUT2D eigenvalue weighted by Gasteiger charge is 2.54. The Hall–Kier alpha value is -0.595. The van der Waals surface area contributed by atoms with Crippen molar-refractivity contribution < 1.29 is 19.2 Å². The summed E-state index contributed by atoms with van der Waals surface area (Å²) < 4.78 is 13.1. The normalized spacial score (nSPS) is 21.3. The van der Waals surface area contributed by atoms with E-state index in [4.69, 9.17) is 9.31 Å². The third-order valence-corrected chi connectivity index (χ3v) is 5.28. The molecule has 1 saturated heterocycles. The van der Waals surface area contributed by atoms with E-state index in [0.717, 1.165) is 9.13 Å². The molecule has 114 valence electrons. The third-order valence-electron chi connectivity index (χ3n) is 4.30. The van der Waals surface area contributed by atoms with Crippen molar-refractivity contribution in [2.75, 3.05) is 0 Å². The predicted octanol–water partition coefficient (Wildman–Crippen LogP) is 3.48. The highest BCUT2D eigenvalue weighted by Crippen LogP contribution is 2.42. The second-order valence-corrected chi connectivity index (χ2v) is 7.51. The lowest BCUT2D eigenvalue weighted by Crippen LogP contribution is -2.41. The fourth-order valence-electron chi connectivity index (χ4n) is 2.37. The van der Waals surface area contributed by atoms with Crippen molar-refractivity contribution in [3.63, 3.8) is 0 Å². The first-order valence-electron chi connectivity index (χ1n) is 6.96. The molecule has 1 heterocycles. The van der Waals surface area contributed by atoms with Crippen LogP contribution in [0.4, 0.5) is 0 Å². The fraction of sp³-hybridized carbons (Fsp3) is 0.533. The van der Waals surface area contributed by atoms with E-state index in [2.05, 4.69) is 22.6 Å². The van der Waals surface area contributed by atoms with Gasteiger partial charge in [-0.05, 0) is 61.9 Å². The van der Waals surface area contributed by atoms with E-state index in [1.54, 1.807) is 0 Å². The van der Waals surface area contributed by atoms with Gasteiger partial charge < -0.3 is 14.4 Å². The molecule has 0 aliphatic carbocycles. The van der Waals surface area contributed by atoms with Crippen molar-refractivity contribution in [2.45, 2.75) is 51.1 Å². The zero-order valence-electron chi connectivity index (χ0n) is 12.7. The topological polar surface area (TPSA) is 55.8 Å². The van der Waals surface area contributed by atoms with E-state index in [9.17, 15) is 9.90 Å². The summed E-state index contributed by atoms with van der Waals surface area (Å²) in [6.07, 6.45) is -0.0170. The lowest BCUT2D eigenvalue weighted by atomic mass is 9.66. The first-order valence-corrected chi connectivity index (χ1v) is 8.04. The minimum Gasteiger partial charge on any atom is -0.481 e. The largest absolute Gasteiger partial charge is 0.481 e. The summed E-state index contributed by atoms with van der Waals surface area (Å²) in [5.41, 5.74) is 0.0301. The Kier molecular flexibility index (Phi) is 4.70. The second-order valence-electron chi connectivity index (χ2n) is 6.35. The first-order chi connectivity index (χ1) is 9.64. The van der Waals surface area contributed by atoms with E-state index in [-0.39, 0.29) is 12.2 Å². The van der Waals surface area contributed by atoms with Crippen molar-refractivity contribution in [3.05, 3.63) is 33.4 Å². The van der Waals surface area contributed by atoms with Gasteiger partial charge in [0.15, 0.2) is 0 Å². The lowest BCUT2D eigenvalue weighted by Gasteiger charge is -2.32. The van der Waals surface area contributed by atoms with Gasteiger partial charge in [0.1, 0.15) is 0 Å². The Morgan fingerprint density at radius 2 is 1.76 bits per heavy atom. The molecule has 4 nitrogen and oxygen atoms in total. The van der Waals surface area contributed by atoms with Gasteiger partial charge in [-0.25, -0.2) is 0 Å². The molecule has 1 unspecified atom stereocenters. The van der Waals surface area contributed by atoms with E-state index < -0.39 is 24.3 Å². The maximum absolute atomic E-state index is 11.3. The molecular weight excluding hydrogens is 382 g/mol. The van der Waals surface area contributed by atoms with E-state index in [0.29, 0.717) is 0 Å². The van der Waals surface area contributed by atoms with Gasteiger partial charge in [0.2, 0.25) is 0 Å². The Balaban J connectivity index is 2.35. The molecule has 0 radical (unpaired) electrons. The monoisotopic (exact) mass is 402 g/mol. The third kappa shape index (κ3) is 3.43. The van der Waals surface area contributed by atoms with Crippen LogP contribution >= 0.6 is 22.6 Å². The van der Waals surface area contributed by atoms with E-state index >= 15 is 0 Å². The minimum absolute atomic E-state index is 0.0170. The Labute approximate surface area is 139 Å². The number of hydrogen-bond donors (Lipinski definition) is 1. The average Bonchev–Trinajstić information content (AvgIpc) is 2.56. The van der Waals surface area contributed by atoms with Gasteiger partial charge in [-0.3, -0.25) is 4.79 Å². The highest BCUT2D eigenvalue weighted by atomic mass is 127. The molecule has 1 aliphatic rings. The molecule has 0 spiro atoms. The maximum Gasteiger partial charge on any atom is 0.466 e. The SMILES string of the molecule is CC1(C)OB(C(CC(=O)O)c2ccccc2I)OC1(C)C. The summed E-state index contributed by atoms with van der Waals surface area (Å²) in [4.78, 5) is 11.3. The van der Waals surface area contributed by atoms with Crippen LogP contribution < -0.4 is 0 Å². The molecule has 1 aliphatic heterocycles. The van der Waals surface area contributed by atoms with Crippen LogP contribution in [0.5, 0.6) is 0 Å². The van der Waals surface area contributed by atoms with Gasteiger partial charge in [0.25, 0.3) is 0 Å². The first kappa shape index (κ1) is 16.8. The minimum atomic E-state index is -0.852. The Morgan fingerprint density at radius 1 is 1.24 bits per heavy atom. The van der Waals surface area contributed by atoms with Crippen LogP contribution in [0.25, 0.3) is 0 Å². The average molecular weight is 402 g/mol. The maximum atomic E-state index is 11.3. The number of halogens is 1. The molecule has 6 heteroatoms. The molecule has 1 fully saturated rings. The van der Waals surface area contributed by atoms with Crippen molar-refractivity contribution in [1.82, 2.24) is 0 Å². The molecule has 0 amide bonds. The van der Waals surface area contributed by atoms with Crippen LogP contribution in [0.1, 0.15) is 45.5 Å². The zero-order chi connectivity index (χ0) is 15.8. The second kappa shape index (κ2) is 5.89. The van der Waals surface area contributed by atoms with E-state index in [1.165, 1.54) is 0 Å². The van der Waals surface area contributed by atoms with Gasteiger partial charge in [-0.15, -0.1) is 0 Å². The standard InChI is InChI=1S/C15H20BIO4/c1-14(2)15(3,4)21-16(20-14)11(9-13(18)19)10-7-5-6-8-12(10)17/h5-8,11H,9H2,1-4H3,(H,18,19). The quantitative estimate of drug-likeness (QED) is 0.619. The number of rotatable bonds is 4. The van der Waals surface area contributed by atoms with Gasteiger partial charge in [0, 0.05) is 9.39 Å². The summed E-state index contributed by atoms with van der Waals surface area (Å²) >= 11 is 2.22. The van der Waals surface area contributed by atoms with Gasteiger partial charge >= 0.3 is 13.1 Å². The van der Waals surface area contributed by atoms with Gasteiger partial charge in [0.05, 0.1) is 17.6 Å². The van der Waals surface area contributed by atoms with Crippen molar-refractivity contribution in [1.29, 1.82) is 0 Å². The number of carboxylic acid groups (broad SMARTS) is 1. The molecule has 1 aromatic rings. The smallest absolute Gasteiger partial charge is 0.466 e. The summed E-state index contributed by atoms with van der Waals surface area (Å²) in [6, 6.07) is 7.77. The van der Waals surface area contributed by atoms with Crippen LogP contribution in [0.3, 0.4) is 0 Å². The summed E-state index contributed by atoms with van der Waals surface area (Å²) in [7, 11) is -0.554. The molecule has 2 rings (SSSR count). The summed E-state index contributed by atoms with van der Waals surface area (Å²) in [5, 5.41) is 9.24. The molecule has 0 aromatic heterocycles. The Morgan fingerprint density at radius 3 is 2.24 bits per heavy atom. The number of carboxylic acids is 1. The summed E-state index contributed by atoms with van der Waals surface area (Å²) in [5.74, 6) is -1.17. The number of benzene rings is 1. The molecule has 21 heavy (non-hydrogen) atoms. The van der Waals surface area contributed by atoms with Crippen molar-refractivity contribution in [3.8, 4) is 0 Å².